The van der Waals surface area contributed by atoms with E-state index in [4.69, 9.17) is 9.57 Å². The van der Waals surface area contributed by atoms with Gasteiger partial charge in [0.1, 0.15) is 19.0 Å². The Bertz CT molecular complexity index is 671. The molecule has 4 rings (SSSR count). The average molecular weight is 329 g/mol. The Balaban J connectivity index is 1.67. The fourth-order valence-electron chi connectivity index (χ4n) is 5.68. The van der Waals surface area contributed by atoms with E-state index in [1.807, 2.05) is 0 Å². The molecule has 1 aromatic rings. The highest BCUT2D eigenvalue weighted by atomic mass is 16.6. The van der Waals surface area contributed by atoms with Crippen molar-refractivity contribution in [3.8, 4) is 5.75 Å². The third kappa shape index (κ3) is 2.19. The van der Waals surface area contributed by atoms with Gasteiger partial charge in [-0.25, -0.2) is 0 Å². The van der Waals surface area contributed by atoms with Crippen LogP contribution in [0.25, 0.3) is 0 Å². The van der Waals surface area contributed by atoms with Gasteiger partial charge in [-0.1, -0.05) is 18.1 Å². The number of aliphatic hydroxyl groups is 1. The second-order valence-electron chi connectivity index (χ2n) is 7.90. The molecule has 0 spiro atoms. The predicted octanol–water partition coefficient (Wildman–Crippen LogP) is 3.52. The first-order valence-corrected chi connectivity index (χ1v) is 9.03. The van der Waals surface area contributed by atoms with E-state index in [2.05, 4.69) is 30.3 Å². The summed E-state index contributed by atoms with van der Waals surface area (Å²) in [6.45, 7) is 2.25. The van der Waals surface area contributed by atoms with Crippen molar-refractivity contribution in [3.05, 3.63) is 29.3 Å². The maximum Gasteiger partial charge on any atom is 0.119 e. The molecule has 5 atom stereocenters. The molecule has 4 nitrogen and oxygen atoms in total. The molecule has 0 aliphatic heterocycles. The molecule has 2 saturated carbocycles. The lowest BCUT2D eigenvalue weighted by Crippen LogP contribution is -2.44. The summed E-state index contributed by atoms with van der Waals surface area (Å²) in [7, 11) is 3.30. The van der Waals surface area contributed by atoms with Gasteiger partial charge < -0.3 is 14.7 Å². The molecule has 0 aromatic heterocycles. The molecule has 24 heavy (non-hydrogen) atoms. The summed E-state index contributed by atoms with van der Waals surface area (Å²) in [5, 5.41) is 14.9. The van der Waals surface area contributed by atoms with Crippen molar-refractivity contribution in [2.75, 3.05) is 14.2 Å². The number of fused-ring (bicyclic) bond motifs is 5. The van der Waals surface area contributed by atoms with Gasteiger partial charge in [-0.2, -0.15) is 0 Å². The minimum absolute atomic E-state index is 0.0531. The zero-order valence-electron chi connectivity index (χ0n) is 14.8. The SMILES string of the molecule is CON=C1CC2C3CCc4cc(OC)ccc4C3CCC2(C)C1O. The Morgan fingerprint density at radius 1 is 1.25 bits per heavy atom. The molecule has 0 saturated heterocycles. The first-order chi connectivity index (χ1) is 11.6. The van der Waals surface area contributed by atoms with Crippen LogP contribution in [-0.4, -0.2) is 31.1 Å². The van der Waals surface area contributed by atoms with Crippen molar-refractivity contribution in [1.29, 1.82) is 0 Å². The summed E-state index contributed by atoms with van der Waals surface area (Å²) < 4.78 is 5.39. The van der Waals surface area contributed by atoms with E-state index in [0.717, 1.165) is 37.1 Å². The average Bonchev–Trinajstić information content (AvgIpc) is 2.86. The van der Waals surface area contributed by atoms with Crippen molar-refractivity contribution < 1.29 is 14.7 Å². The Labute approximate surface area is 143 Å². The summed E-state index contributed by atoms with van der Waals surface area (Å²) in [5.41, 5.74) is 3.73. The molecule has 0 radical (unpaired) electrons. The molecule has 5 unspecified atom stereocenters. The molecule has 1 N–H and O–H groups in total. The summed E-state index contributed by atoms with van der Waals surface area (Å²) in [5.74, 6) is 2.68. The van der Waals surface area contributed by atoms with Gasteiger partial charge in [0.05, 0.1) is 12.8 Å². The number of aliphatic hydroxyl groups excluding tert-OH is 1. The second-order valence-corrected chi connectivity index (χ2v) is 7.90. The molecule has 130 valence electrons. The summed E-state index contributed by atoms with van der Waals surface area (Å²) in [6.07, 6.45) is 4.91. The van der Waals surface area contributed by atoms with E-state index >= 15 is 0 Å². The Morgan fingerprint density at radius 3 is 2.83 bits per heavy atom. The third-order valence-electron chi connectivity index (χ3n) is 6.95. The number of benzene rings is 1. The smallest absolute Gasteiger partial charge is 0.119 e. The maximum atomic E-state index is 10.8. The number of nitrogens with zero attached hydrogens (tertiary/aromatic N) is 1. The summed E-state index contributed by atoms with van der Waals surface area (Å²) >= 11 is 0. The van der Waals surface area contributed by atoms with Crippen LogP contribution in [0.1, 0.15) is 49.7 Å². The van der Waals surface area contributed by atoms with Gasteiger partial charge in [-0.05, 0) is 73.1 Å². The lowest BCUT2D eigenvalue weighted by atomic mass is 9.55. The van der Waals surface area contributed by atoms with Crippen molar-refractivity contribution >= 4 is 5.71 Å². The van der Waals surface area contributed by atoms with Gasteiger partial charge in [-0.3, -0.25) is 0 Å². The predicted molar refractivity (Wildman–Crippen MR) is 93.4 cm³/mol. The largest absolute Gasteiger partial charge is 0.497 e. The highest BCUT2D eigenvalue weighted by Crippen LogP contribution is 2.60. The van der Waals surface area contributed by atoms with Gasteiger partial charge in [0.2, 0.25) is 0 Å². The lowest BCUT2D eigenvalue weighted by Gasteiger charge is -2.49. The van der Waals surface area contributed by atoms with Gasteiger partial charge in [0.15, 0.2) is 0 Å². The van der Waals surface area contributed by atoms with Gasteiger partial charge >= 0.3 is 0 Å². The second kappa shape index (κ2) is 5.76. The molecule has 0 bridgehead atoms. The molecule has 0 amide bonds. The van der Waals surface area contributed by atoms with Crippen LogP contribution in [-0.2, 0) is 11.3 Å². The maximum absolute atomic E-state index is 10.8. The van der Waals surface area contributed by atoms with Crippen LogP contribution in [0.2, 0.25) is 0 Å². The standard InChI is InChI=1S/C20H27NO3/c1-20-9-8-15-14-7-5-13(23-2)10-12(14)4-6-16(15)17(20)11-18(19(20)22)21-24-3/h5,7,10,15-17,19,22H,4,6,8-9,11H2,1-3H3. The Morgan fingerprint density at radius 2 is 2.08 bits per heavy atom. The Kier molecular flexibility index (Phi) is 3.83. The number of rotatable bonds is 2. The van der Waals surface area contributed by atoms with E-state index in [0.29, 0.717) is 17.8 Å². The quantitative estimate of drug-likeness (QED) is 0.845. The van der Waals surface area contributed by atoms with E-state index < -0.39 is 6.10 Å². The number of methoxy groups -OCH3 is 1. The van der Waals surface area contributed by atoms with Crippen LogP contribution in [0.3, 0.4) is 0 Å². The Hall–Kier alpha value is -1.55. The molecular weight excluding hydrogens is 302 g/mol. The first kappa shape index (κ1) is 15.9. The van der Waals surface area contributed by atoms with Gasteiger partial charge in [0, 0.05) is 5.41 Å². The molecule has 0 heterocycles. The highest BCUT2D eigenvalue weighted by molar-refractivity contribution is 5.91. The molecular formula is C20H27NO3. The van der Waals surface area contributed by atoms with Crippen molar-refractivity contribution in [2.45, 2.75) is 51.0 Å². The number of ether oxygens (including phenoxy) is 1. The fourth-order valence-corrected chi connectivity index (χ4v) is 5.68. The monoisotopic (exact) mass is 329 g/mol. The van der Waals surface area contributed by atoms with Gasteiger partial charge in [-0.15, -0.1) is 0 Å². The summed E-state index contributed by atoms with van der Waals surface area (Å²) in [6, 6.07) is 6.57. The van der Waals surface area contributed by atoms with Crippen LogP contribution < -0.4 is 4.74 Å². The minimum atomic E-state index is -0.458. The van der Waals surface area contributed by atoms with E-state index in [1.54, 1.807) is 14.2 Å². The molecule has 4 heteroatoms. The van der Waals surface area contributed by atoms with Crippen LogP contribution >= 0.6 is 0 Å². The lowest BCUT2D eigenvalue weighted by molar-refractivity contribution is -0.0122. The van der Waals surface area contributed by atoms with Crippen LogP contribution in [0.5, 0.6) is 5.75 Å². The first-order valence-electron chi connectivity index (χ1n) is 9.03. The van der Waals surface area contributed by atoms with Crippen LogP contribution in [0, 0.1) is 17.3 Å². The zero-order valence-corrected chi connectivity index (χ0v) is 14.8. The van der Waals surface area contributed by atoms with Crippen LogP contribution in [0.4, 0.5) is 0 Å². The molecule has 3 aliphatic carbocycles. The highest BCUT2D eigenvalue weighted by Gasteiger charge is 2.57. The number of oxime groups is 1. The zero-order chi connectivity index (χ0) is 16.9. The normalized spacial score (nSPS) is 39.1. The topological polar surface area (TPSA) is 51.0 Å². The molecule has 2 fully saturated rings. The molecule has 1 aromatic carbocycles. The number of aryl methyl sites for hydroxylation is 1. The van der Waals surface area contributed by atoms with E-state index in [1.165, 1.54) is 17.5 Å². The van der Waals surface area contributed by atoms with Gasteiger partial charge in [0.25, 0.3) is 0 Å². The number of hydrogen-bond donors (Lipinski definition) is 1. The van der Waals surface area contributed by atoms with Crippen molar-refractivity contribution in [1.82, 2.24) is 0 Å². The third-order valence-corrected chi connectivity index (χ3v) is 6.95. The fraction of sp³-hybridized carbons (Fsp3) is 0.650. The van der Waals surface area contributed by atoms with E-state index in [9.17, 15) is 5.11 Å². The molecule has 3 aliphatic rings. The van der Waals surface area contributed by atoms with E-state index in [-0.39, 0.29) is 5.41 Å². The summed E-state index contributed by atoms with van der Waals surface area (Å²) in [4.78, 5) is 4.98. The van der Waals surface area contributed by atoms with Crippen molar-refractivity contribution in [3.63, 3.8) is 0 Å². The van der Waals surface area contributed by atoms with Crippen LogP contribution in [0.15, 0.2) is 23.4 Å². The number of hydrogen-bond acceptors (Lipinski definition) is 4. The van der Waals surface area contributed by atoms with Crippen molar-refractivity contribution in [2.24, 2.45) is 22.4 Å². The minimum Gasteiger partial charge on any atom is -0.497 e.